The Morgan fingerprint density at radius 3 is 2.97 bits per heavy atom. The van der Waals surface area contributed by atoms with Gasteiger partial charge in [-0.3, -0.25) is 0 Å². The summed E-state index contributed by atoms with van der Waals surface area (Å²) >= 11 is 5.79. The lowest BCUT2D eigenvalue weighted by Gasteiger charge is -2.50. The van der Waals surface area contributed by atoms with Gasteiger partial charge in [-0.05, 0) is 26.0 Å². The van der Waals surface area contributed by atoms with Crippen LogP contribution >= 0.6 is 11.6 Å². The minimum absolute atomic E-state index is 0.0362. The Kier molecular flexibility index (Phi) is 6.27. The quantitative estimate of drug-likeness (QED) is 0.421. The maximum absolute atomic E-state index is 13.9. The van der Waals surface area contributed by atoms with Crippen molar-refractivity contribution in [3.05, 3.63) is 35.2 Å². The molecule has 5 atom stereocenters. The SMILES string of the molecule is CO[C@@H]1[C@@H](n2cc(-c3ccc(Cl)c(F)c3)nn2)[C@H]2OC(C)(C)OC[C@H]2O[C@@H]1CC=NO. The fraction of sp³-hybridized carbons (Fsp3) is 0.550. The number of methoxy groups -OCH3 is 1. The summed E-state index contributed by atoms with van der Waals surface area (Å²) in [5.41, 5.74) is 1.02. The molecule has 4 rings (SSSR count). The van der Waals surface area contributed by atoms with Crippen molar-refractivity contribution in [1.82, 2.24) is 15.0 Å². The third kappa shape index (κ3) is 4.44. The Bertz CT molecular complexity index is 955. The second kappa shape index (κ2) is 8.79. The van der Waals surface area contributed by atoms with E-state index in [1.54, 1.807) is 24.1 Å². The van der Waals surface area contributed by atoms with Crippen LogP contribution in [0.5, 0.6) is 0 Å². The first kappa shape index (κ1) is 22.1. The molecule has 0 aliphatic carbocycles. The van der Waals surface area contributed by atoms with Gasteiger partial charge in [-0.25, -0.2) is 9.07 Å². The van der Waals surface area contributed by atoms with E-state index in [-0.39, 0.29) is 11.1 Å². The molecule has 0 bridgehead atoms. The summed E-state index contributed by atoms with van der Waals surface area (Å²) < 4.78 is 39.5. The average Bonchev–Trinajstić information content (AvgIpc) is 3.22. The molecule has 31 heavy (non-hydrogen) atoms. The van der Waals surface area contributed by atoms with E-state index in [0.29, 0.717) is 24.3 Å². The van der Waals surface area contributed by atoms with Crippen molar-refractivity contribution in [2.24, 2.45) is 5.16 Å². The number of benzene rings is 1. The highest BCUT2D eigenvalue weighted by molar-refractivity contribution is 6.30. The molecule has 9 nitrogen and oxygen atoms in total. The molecule has 2 fully saturated rings. The molecule has 11 heteroatoms. The Hall–Kier alpha value is -2.11. The zero-order chi connectivity index (χ0) is 22.2. The lowest BCUT2D eigenvalue weighted by molar-refractivity contribution is -0.349. The highest BCUT2D eigenvalue weighted by Crippen LogP contribution is 2.40. The van der Waals surface area contributed by atoms with Gasteiger partial charge in [-0.2, -0.15) is 0 Å². The van der Waals surface area contributed by atoms with E-state index in [2.05, 4.69) is 15.5 Å². The Morgan fingerprint density at radius 1 is 1.45 bits per heavy atom. The predicted molar refractivity (Wildman–Crippen MR) is 109 cm³/mol. The number of halogens is 2. The standard InChI is InChI=1S/C20H24ClFN4O5/c1-20(2)29-10-16-19(31-20)17(18(28-3)15(30-16)6-7-23-27)26-9-14(24-25-26)11-4-5-12(21)13(22)8-11/h4-5,7-9,15-19,27H,6,10H2,1-3H3/t15-,16-,17-,18+,19+/m1/s1. The average molecular weight is 455 g/mol. The number of oxime groups is 1. The number of aromatic nitrogens is 3. The molecule has 3 heterocycles. The molecule has 1 N–H and O–H groups in total. The molecule has 0 saturated carbocycles. The van der Waals surface area contributed by atoms with Gasteiger partial charge in [0, 0.05) is 25.3 Å². The first-order chi connectivity index (χ1) is 14.8. The van der Waals surface area contributed by atoms with Crippen molar-refractivity contribution in [2.75, 3.05) is 13.7 Å². The van der Waals surface area contributed by atoms with Crippen LogP contribution in [0.15, 0.2) is 29.6 Å². The number of fused-ring (bicyclic) bond motifs is 1. The van der Waals surface area contributed by atoms with E-state index in [1.807, 2.05) is 13.8 Å². The smallest absolute Gasteiger partial charge is 0.163 e. The molecular formula is C20H24ClFN4O5. The van der Waals surface area contributed by atoms with Gasteiger partial charge in [0.2, 0.25) is 0 Å². The van der Waals surface area contributed by atoms with E-state index in [0.717, 1.165) is 0 Å². The van der Waals surface area contributed by atoms with Crippen LogP contribution in [0, 0.1) is 5.82 Å². The van der Waals surface area contributed by atoms with Crippen LogP contribution in [-0.2, 0) is 18.9 Å². The minimum Gasteiger partial charge on any atom is -0.411 e. The van der Waals surface area contributed by atoms with Crippen LogP contribution in [0.2, 0.25) is 5.02 Å². The maximum atomic E-state index is 13.9. The second-order valence-electron chi connectivity index (χ2n) is 7.94. The van der Waals surface area contributed by atoms with Gasteiger partial charge in [0.1, 0.15) is 35.9 Å². The van der Waals surface area contributed by atoms with Gasteiger partial charge in [0.05, 0.1) is 23.9 Å². The van der Waals surface area contributed by atoms with Crippen molar-refractivity contribution in [3.8, 4) is 11.3 Å². The molecule has 0 unspecified atom stereocenters. The van der Waals surface area contributed by atoms with E-state index >= 15 is 0 Å². The topological polar surface area (TPSA) is 100 Å². The molecule has 1 aromatic heterocycles. The summed E-state index contributed by atoms with van der Waals surface area (Å²) in [5, 5.41) is 20.5. The van der Waals surface area contributed by atoms with Gasteiger partial charge in [0.15, 0.2) is 5.79 Å². The van der Waals surface area contributed by atoms with Gasteiger partial charge < -0.3 is 24.2 Å². The summed E-state index contributed by atoms with van der Waals surface area (Å²) in [7, 11) is 1.57. The molecule has 1 aromatic carbocycles. The zero-order valence-corrected chi connectivity index (χ0v) is 18.1. The van der Waals surface area contributed by atoms with Crippen LogP contribution in [0.4, 0.5) is 4.39 Å². The van der Waals surface area contributed by atoms with Crippen LogP contribution < -0.4 is 0 Å². The number of ether oxygens (including phenoxy) is 4. The summed E-state index contributed by atoms with van der Waals surface area (Å²) in [6.07, 6.45) is 1.65. The van der Waals surface area contributed by atoms with Crippen molar-refractivity contribution in [2.45, 2.75) is 56.5 Å². The fourth-order valence-electron chi connectivity index (χ4n) is 4.07. The second-order valence-corrected chi connectivity index (χ2v) is 8.35. The van der Waals surface area contributed by atoms with E-state index in [9.17, 15) is 4.39 Å². The van der Waals surface area contributed by atoms with Crippen molar-refractivity contribution in [1.29, 1.82) is 0 Å². The lowest BCUT2D eigenvalue weighted by Crippen LogP contribution is -2.62. The molecular weight excluding hydrogens is 431 g/mol. The molecule has 2 aliphatic rings. The van der Waals surface area contributed by atoms with Crippen molar-refractivity contribution < 1.29 is 28.5 Å². The van der Waals surface area contributed by atoms with E-state index < -0.39 is 36.0 Å². The number of hydrogen-bond donors (Lipinski definition) is 1. The summed E-state index contributed by atoms with van der Waals surface area (Å²) in [6, 6.07) is 4.05. The Morgan fingerprint density at radius 2 is 2.26 bits per heavy atom. The molecule has 2 aliphatic heterocycles. The summed E-state index contributed by atoms with van der Waals surface area (Å²) in [4.78, 5) is 0. The lowest BCUT2D eigenvalue weighted by atomic mass is 9.90. The van der Waals surface area contributed by atoms with Crippen molar-refractivity contribution >= 4 is 17.8 Å². The minimum atomic E-state index is -0.816. The van der Waals surface area contributed by atoms with Gasteiger partial charge in [-0.15, -0.1) is 10.3 Å². The molecule has 0 amide bonds. The largest absolute Gasteiger partial charge is 0.411 e. The monoisotopic (exact) mass is 454 g/mol. The maximum Gasteiger partial charge on any atom is 0.163 e. The molecule has 2 aromatic rings. The molecule has 0 spiro atoms. The zero-order valence-electron chi connectivity index (χ0n) is 17.3. The highest BCUT2D eigenvalue weighted by atomic mass is 35.5. The number of hydrogen-bond acceptors (Lipinski definition) is 8. The van der Waals surface area contributed by atoms with E-state index in [1.165, 1.54) is 18.3 Å². The third-order valence-electron chi connectivity index (χ3n) is 5.49. The fourth-order valence-corrected chi connectivity index (χ4v) is 4.19. The van der Waals surface area contributed by atoms with Gasteiger partial charge >= 0.3 is 0 Å². The summed E-state index contributed by atoms with van der Waals surface area (Å²) in [5.74, 6) is -1.35. The molecule has 168 valence electrons. The van der Waals surface area contributed by atoms with Crippen LogP contribution in [-0.4, -0.2) is 70.3 Å². The van der Waals surface area contributed by atoms with Crippen LogP contribution in [0.1, 0.15) is 26.3 Å². The van der Waals surface area contributed by atoms with Gasteiger partial charge in [-0.1, -0.05) is 22.9 Å². The van der Waals surface area contributed by atoms with E-state index in [4.69, 9.17) is 35.8 Å². The first-order valence-electron chi connectivity index (χ1n) is 9.86. The Balaban J connectivity index is 1.71. The molecule has 2 saturated heterocycles. The van der Waals surface area contributed by atoms with Crippen LogP contribution in [0.3, 0.4) is 0 Å². The number of rotatable bonds is 5. The Labute approximate surface area is 183 Å². The van der Waals surface area contributed by atoms with Crippen molar-refractivity contribution in [3.63, 3.8) is 0 Å². The first-order valence-corrected chi connectivity index (χ1v) is 10.2. The summed E-state index contributed by atoms with van der Waals surface area (Å²) in [6.45, 7) is 3.98. The normalized spacial score (nSPS) is 30.4. The third-order valence-corrected chi connectivity index (χ3v) is 5.80. The van der Waals surface area contributed by atoms with Crippen LogP contribution in [0.25, 0.3) is 11.3 Å². The molecule has 0 radical (unpaired) electrons. The van der Waals surface area contributed by atoms with Gasteiger partial charge in [0.25, 0.3) is 0 Å². The number of nitrogens with zero attached hydrogens (tertiary/aromatic N) is 4. The highest BCUT2D eigenvalue weighted by Gasteiger charge is 2.52. The predicted octanol–water partition coefficient (Wildman–Crippen LogP) is 3.06.